The number of benzene rings is 1. The van der Waals surface area contributed by atoms with E-state index in [1.165, 1.54) is 0 Å². The van der Waals surface area contributed by atoms with Gasteiger partial charge in [0.25, 0.3) is 0 Å². The molecule has 0 aliphatic carbocycles. The van der Waals surface area contributed by atoms with Crippen LogP contribution in [0.4, 0.5) is 5.69 Å². The van der Waals surface area contributed by atoms with Gasteiger partial charge in [0.2, 0.25) is 5.91 Å². The normalized spacial score (nSPS) is 17.2. The molecule has 1 N–H and O–H groups in total. The average Bonchev–Trinajstić information content (AvgIpc) is 2.18. The van der Waals surface area contributed by atoms with Gasteiger partial charge in [0.05, 0.1) is 6.54 Å². The van der Waals surface area contributed by atoms with Crippen molar-refractivity contribution >= 4 is 23.2 Å². The zero-order chi connectivity index (χ0) is 9.97. The van der Waals surface area contributed by atoms with Crippen molar-refractivity contribution in [3.63, 3.8) is 0 Å². The van der Waals surface area contributed by atoms with E-state index < -0.39 is 0 Å². The third-order valence-electron chi connectivity index (χ3n) is 2.21. The minimum absolute atomic E-state index is 0.0958. The second kappa shape index (κ2) is 3.98. The zero-order valence-corrected chi connectivity index (χ0v) is 8.42. The maximum absolute atomic E-state index is 11.5. The van der Waals surface area contributed by atoms with Gasteiger partial charge < -0.3 is 10.2 Å². The molecule has 3 nitrogen and oxygen atoms in total. The standard InChI is InChI=1S/C10H11ClN2O/c11-8-2-1-3-9(6-8)13-5-4-12-7-10(13)14/h1-3,6,12H,4-5,7H2/i10+2. The molecule has 0 spiro atoms. The SMILES string of the molecule is O=[14C]1CNCCN1c1cccc(Cl)c1. The maximum atomic E-state index is 11.5. The summed E-state index contributed by atoms with van der Waals surface area (Å²) in [6, 6.07) is 7.37. The first-order chi connectivity index (χ1) is 6.77. The van der Waals surface area contributed by atoms with E-state index in [1.807, 2.05) is 18.2 Å². The van der Waals surface area contributed by atoms with Crippen LogP contribution in [-0.2, 0) is 4.79 Å². The number of rotatable bonds is 1. The summed E-state index contributed by atoms with van der Waals surface area (Å²) in [7, 11) is 0. The summed E-state index contributed by atoms with van der Waals surface area (Å²) in [4.78, 5) is 13.3. The number of carbonyl (C=O) groups excluding carboxylic acids is 1. The predicted molar refractivity (Wildman–Crippen MR) is 56.7 cm³/mol. The highest BCUT2D eigenvalue weighted by atomic mass is 35.5. The molecule has 1 aromatic carbocycles. The number of halogens is 1. The summed E-state index contributed by atoms with van der Waals surface area (Å²) >= 11 is 5.86. The molecular weight excluding hydrogens is 202 g/mol. The second-order valence-electron chi connectivity index (χ2n) is 3.20. The average molecular weight is 213 g/mol. The van der Waals surface area contributed by atoms with Crippen LogP contribution in [0.3, 0.4) is 0 Å². The first kappa shape index (κ1) is 9.49. The summed E-state index contributed by atoms with van der Waals surface area (Å²) in [5.74, 6) is 0.0958. The summed E-state index contributed by atoms with van der Waals surface area (Å²) in [5.41, 5.74) is 0.879. The van der Waals surface area contributed by atoms with Crippen molar-refractivity contribution in [3.05, 3.63) is 29.3 Å². The topological polar surface area (TPSA) is 32.3 Å². The van der Waals surface area contributed by atoms with Crippen LogP contribution in [0, 0.1) is 0 Å². The third-order valence-corrected chi connectivity index (χ3v) is 2.44. The first-order valence-corrected chi connectivity index (χ1v) is 4.92. The highest BCUT2D eigenvalue weighted by Gasteiger charge is 2.18. The van der Waals surface area contributed by atoms with Crippen molar-refractivity contribution in [2.45, 2.75) is 0 Å². The Kier molecular flexibility index (Phi) is 2.70. The van der Waals surface area contributed by atoms with Gasteiger partial charge in [-0.1, -0.05) is 17.7 Å². The number of amides is 1. The molecule has 1 heterocycles. The number of nitrogens with zero attached hydrogens (tertiary/aromatic N) is 1. The Morgan fingerprint density at radius 3 is 3.07 bits per heavy atom. The van der Waals surface area contributed by atoms with Gasteiger partial charge in [0.15, 0.2) is 0 Å². The molecular formula is C10H11ClN2O. The lowest BCUT2D eigenvalue weighted by molar-refractivity contribution is -0.118. The zero-order valence-electron chi connectivity index (χ0n) is 7.66. The lowest BCUT2D eigenvalue weighted by Crippen LogP contribution is -2.48. The van der Waals surface area contributed by atoms with Crippen LogP contribution in [0.15, 0.2) is 24.3 Å². The summed E-state index contributed by atoms with van der Waals surface area (Å²) in [5, 5.41) is 3.69. The molecule has 14 heavy (non-hydrogen) atoms. The van der Waals surface area contributed by atoms with Crippen LogP contribution in [0.2, 0.25) is 5.02 Å². The predicted octanol–water partition coefficient (Wildman–Crippen LogP) is 1.28. The maximum Gasteiger partial charge on any atom is 0.240 e. The van der Waals surface area contributed by atoms with Crippen LogP contribution >= 0.6 is 11.6 Å². The van der Waals surface area contributed by atoms with E-state index in [0.29, 0.717) is 18.1 Å². The monoisotopic (exact) mass is 212 g/mol. The van der Waals surface area contributed by atoms with Crippen molar-refractivity contribution < 1.29 is 4.79 Å². The van der Waals surface area contributed by atoms with E-state index in [4.69, 9.17) is 11.6 Å². The molecule has 2 rings (SSSR count). The summed E-state index contributed by atoms with van der Waals surface area (Å²) < 4.78 is 0. The van der Waals surface area contributed by atoms with E-state index in [1.54, 1.807) is 11.0 Å². The largest absolute Gasteiger partial charge is 0.310 e. The summed E-state index contributed by atoms with van der Waals surface area (Å²) in [6.45, 7) is 1.95. The number of piperazine rings is 1. The number of nitrogens with one attached hydrogen (secondary N) is 1. The van der Waals surface area contributed by atoms with E-state index in [-0.39, 0.29) is 5.91 Å². The molecule has 0 atom stereocenters. The molecule has 0 bridgehead atoms. The van der Waals surface area contributed by atoms with E-state index >= 15 is 0 Å². The van der Waals surface area contributed by atoms with Crippen molar-refractivity contribution in [3.8, 4) is 0 Å². The highest BCUT2D eigenvalue weighted by Crippen LogP contribution is 2.19. The van der Waals surface area contributed by atoms with Gasteiger partial charge in [0.1, 0.15) is 0 Å². The minimum Gasteiger partial charge on any atom is -0.310 e. The van der Waals surface area contributed by atoms with Gasteiger partial charge in [-0.15, -0.1) is 0 Å². The fourth-order valence-corrected chi connectivity index (χ4v) is 1.71. The molecule has 4 heteroatoms. The van der Waals surface area contributed by atoms with Crippen LogP contribution < -0.4 is 10.2 Å². The van der Waals surface area contributed by atoms with Gasteiger partial charge in [0, 0.05) is 23.8 Å². The van der Waals surface area contributed by atoms with Gasteiger partial charge in [-0.25, -0.2) is 0 Å². The molecule has 0 saturated carbocycles. The molecule has 0 radical (unpaired) electrons. The van der Waals surface area contributed by atoms with Gasteiger partial charge in [-0.3, -0.25) is 4.79 Å². The van der Waals surface area contributed by atoms with Crippen LogP contribution in [0.25, 0.3) is 0 Å². The third kappa shape index (κ3) is 1.89. The van der Waals surface area contributed by atoms with E-state index in [9.17, 15) is 4.79 Å². The van der Waals surface area contributed by atoms with Gasteiger partial charge >= 0.3 is 0 Å². The van der Waals surface area contributed by atoms with Crippen LogP contribution in [0.1, 0.15) is 0 Å². The van der Waals surface area contributed by atoms with Crippen molar-refractivity contribution in [2.24, 2.45) is 0 Å². The van der Waals surface area contributed by atoms with Crippen molar-refractivity contribution in [1.29, 1.82) is 0 Å². The van der Waals surface area contributed by atoms with E-state index in [2.05, 4.69) is 5.32 Å². The fourth-order valence-electron chi connectivity index (χ4n) is 1.52. The Morgan fingerprint density at radius 2 is 2.36 bits per heavy atom. The number of anilines is 1. The highest BCUT2D eigenvalue weighted by molar-refractivity contribution is 6.30. The minimum atomic E-state index is 0.0958. The Balaban J connectivity index is 2.24. The Bertz CT molecular complexity index is 354. The lowest BCUT2D eigenvalue weighted by Gasteiger charge is -2.27. The Morgan fingerprint density at radius 1 is 1.50 bits per heavy atom. The summed E-state index contributed by atoms with van der Waals surface area (Å²) in [6.07, 6.45) is 0. The molecule has 1 amide bonds. The molecule has 1 aromatic rings. The number of carbonyl (C=O) groups is 1. The molecule has 0 aromatic heterocycles. The molecule has 0 unspecified atom stereocenters. The number of hydrogen-bond acceptors (Lipinski definition) is 2. The van der Waals surface area contributed by atoms with E-state index in [0.717, 1.165) is 12.2 Å². The van der Waals surface area contributed by atoms with Crippen LogP contribution in [0.5, 0.6) is 0 Å². The van der Waals surface area contributed by atoms with Crippen molar-refractivity contribution in [2.75, 3.05) is 24.5 Å². The number of hydrogen-bond donors (Lipinski definition) is 1. The second-order valence-corrected chi connectivity index (χ2v) is 3.64. The lowest BCUT2D eigenvalue weighted by atomic mass is 10.3. The first-order valence-electron chi connectivity index (χ1n) is 4.54. The Labute approximate surface area is 87.7 Å². The van der Waals surface area contributed by atoms with Gasteiger partial charge in [-0.2, -0.15) is 0 Å². The fraction of sp³-hybridized carbons (Fsp3) is 0.300. The van der Waals surface area contributed by atoms with Gasteiger partial charge in [-0.05, 0) is 18.2 Å². The molecule has 1 saturated heterocycles. The molecule has 1 aliphatic heterocycles. The molecule has 74 valence electrons. The Hall–Kier alpha value is -1.06. The smallest absolute Gasteiger partial charge is 0.240 e. The van der Waals surface area contributed by atoms with Crippen LogP contribution in [-0.4, -0.2) is 25.5 Å². The quantitative estimate of drug-likeness (QED) is 0.761. The molecule has 1 aliphatic rings. The van der Waals surface area contributed by atoms with Crippen molar-refractivity contribution in [1.82, 2.24) is 5.32 Å². The molecule has 1 fully saturated rings.